The molecule has 1 amide bonds. The van der Waals surface area contributed by atoms with Crippen molar-refractivity contribution in [3.63, 3.8) is 0 Å². The number of carbonyl (C=O) groups excluding carboxylic acids is 1. The molecule has 1 aliphatic rings. The zero-order valence-corrected chi connectivity index (χ0v) is 7.78. The van der Waals surface area contributed by atoms with Crippen LogP contribution in [0, 0.1) is 5.41 Å². The molecule has 0 unspecified atom stereocenters. The predicted octanol–water partition coefficient (Wildman–Crippen LogP) is 1.95. The highest BCUT2D eigenvalue weighted by Gasteiger charge is 2.35. The molecule has 1 fully saturated rings. The molecule has 0 aliphatic heterocycles. The first-order valence-corrected chi connectivity index (χ1v) is 4.65. The molecule has 4 heteroatoms. The molecule has 0 aromatic carbocycles. The smallest absolute Gasteiger partial charge is 0.315 e. The second-order valence-corrected chi connectivity index (χ2v) is 3.73. The third-order valence-corrected chi connectivity index (χ3v) is 3.00. The molecule has 1 N–H and O–H groups in total. The predicted molar refractivity (Wildman–Crippen MR) is 45.6 cm³/mol. The van der Waals surface area contributed by atoms with Gasteiger partial charge in [0.05, 0.1) is 0 Å². The molecule has 0 bridgehead atoms. The third-order valence-electron chi connectivity index (χ3n) is 3.00. The molecule has 0 saturated heterocycles. The minimum Gasteiger partial charge on any atom is -0.351 e. The summed E-state index contributed by atoms with van der Waals surface area (Å²) >= 11 is 0. The number of amides is 1. The lowest BCUT2D eigenvalue weighted by Crippen LogP contribution is -2.43. The lowest BCUT2D eigenvalue weighted by atomic mass is 9.67. The van der Waals surface area contributed by atoms with Crippen molar-refractivity contribution in [1.29, 1.82) is 0 Å². The van der Waals surface area contributed by atoms with Crippen molar-refractivity contribution < 1.29 is 13.6 Å². The lowest BCUT2D eigenvalue weighted by Gasteiger charge is -2.41. The standard InChI is InChI=1S/C9H15F2NO/c1-2-9(4-3-5-9)6-12-8(13)7(10)11/h7H,2-6H2,1H3,(H,12,13). The summed E-state index contributed by atoms with van der Waals surface area (Å²) < 4.78 is 23.6. The van der Waals surface area contributed by atoms with Crippen LogP contribution in [-0.2, 0) is 4.79 Å². The van der Waals surface area contributed by atoms with E-state index >= 15 is 0 Å². The van der Waals surface area contributed by atoms with Gasteiger partial charge in [-0.1, -0.05) is 13.3 Å². The second kappa shape index (κ2) is 4.03. The molecular formula is C9H15F2NO. The van der Waals surface area contributed by atoms with Gasteiger partial charge in [0.25, 0.3) is 5.91 Å². The molecule has 0 atom stereocenters. The summed E-state index contributed by atoms with van der Waals surface area (Å²) in [6.07, 6.45) is 1.32. The SMILES string of the molecule is CCC1(CNC(=O)C(F)F)CCC1. The Kier molecular flexibility index (Phi) is 3.22. The van der Waals surface area contributed by atoms with Gasteiger partial charge in [-0.2, -0.15) is 8.78 Å². The molecule has 0 spiro atoms. The fourth-order valence-electron chi connectivity index (χ4n) is 1.68. The van der Waals surface area contributed by atoms with E-state index in [0.29, 0.717) is 6.54 Å². The summed E-state index contributed by atoms with van der Waals surface area (Å²) in [7, 11) is 0. The van der Waals surface area contributed by atoms with Gasteiger partial charge in [0.15, 0.2) is 0 Å². The van der Waals surface area contributed by atoms with Gasteiger partial charge in [0.1, 0.15) is 0 Å². The quantitative estimate of drug-likeness (QED) is 0.723. The van der Waals surface area contributed by atoms with E-state index in [4.69, 9.17) is 0 Å². The van der Waals surface area contributed by atoms with Crippen molar-refractivity contribution in [2.75, 3.05) is 6.54 Å². The van der Waals surface area contributed by atoms with Crippen LogP contribution in [0.5, 0.6) is 0 Å². The number of hydrogen-bond donors (Lipinski definition) is 1. The number of halogens is 2. The van der Waals surface area contributed by atoms with Crippen LogP contribution in [0.1, 0.15) is 32.6 Å². The monoisotopic (exact) mass is 191 g/mol. The molecule has 1 rings (SSSR count). The average Bonchev–Trinajstić information content (AvgIpc) is 2.02. The molecule has 76 valence electrons. The van der Waals surface area contributed by atoms with Gasteiger partial charge < -0.3 is 5.32 Å². The van der Waals surface area contributed by atoms with Crippen molar-refractivity contribution in [3.05, 3.63) is 0 Å². The zero-order chi connectivity index (χ0) is 9.90. The van der Waals surface area contributed by atoms with Crippen molar-refractivity contribution >= 4 is 5.91 Å². The van der Waals surface area contributed by atoms with Crippen LogP contribution in [0.25, 0.3) is 0 Å². The molecule has 0 aromatic heterocycles. The Morgan fingerprint density at radius 3 is 2.46 bits per heavy atom. The minimum absolute atomic E-state index is 0.116. The summed E-state index contributed by atoms with van der Waals surface area (Å²) in [5.74, 6) is -1.14. The van der Waals surface area contributed by atoms with E-state index in [1.165, 1.54) is 0 Å². The van der Waals surface area contributed by atoms with E-state index in [-0.39, 0.29) is 5.41 Å². The van der Waals surface area contributed by atoms with E-state index in [1.54, 1.807) is 0 Å². The van der Waals surface area contributed by atoms with Crippen LogP contribution in [0.4, 0.5) is 8.78 Å². The van der Waals surface area contributed by atoms with E-state index in [0.717, 1.165) is 25.7 Å². The molecule has 0 heterocycles. The Morgan fingerprint density at radius 2 is 2.15 bits per heavy atom. The molecule has 1 saturated carbocycles. The number of alkyl halides is 2. The van der Waals surface area contributed by atoms with Crippen molar-refractivity contribution in [1.82, 2.24) is 5.32 Å². The van der Waals surface area contributed by atoms with Crippen molar-refractivity contribution in [2.45, 2.75) is 39.0 Å². The number of rotatable bonds is 4. The van der Waals surface area contributed by atoms with Crippen molar-refractivity contribution in [2.24, 2.45) is 5.41 Å². The van der Waals surface area contributed by atoms with Crippen molar-refractivity contribution in [3.8, 4) is 0 Å². The first kappa shape index (κ1) is 10.4. The van der Waals surface area contributed by atoms with Gasteiger partial charge in [0, 0.05) is 6.54 Å². The molecule has 1 aliphatic carbocycles. The van der Waals surface area contributed by atoms with Gasteiger partial charge >= 0.3 is 6.43 Å². The minimum atomic E-state index is -2.88. The van der Waals surface area contributed by atoms with Crippen LogP contribution in [-0.4, -0.2) is 18.9 Å². The second-order valence-electron chi connectivity index (χ2n) is 3.73. The maximum absolute atomic E-state index is 11.8. The number of hydrogen-bond acceptors (Lipinski definition) is 1. The number of carbonyl (C=O) groups is 1. The van der Waals surface area contributed by atoms with Gasteiger partial charge in [0.2, 0.25) is 0 Å². The highest BCUT2D eigenvalue weighted by Crippen LogP contribution is 2.42. The topological polar surface area (TPSA) is 29.1 Å². The van der Waals surface area contributed by atoms with Crippen LogP contribution in [0.2, 0.25) is 0 Å². The molecule has 0 radical (unpaired) electrons. The Labute approximate surface area is 76.7 Å². The molecule has 2 nitrogen and oxygen atoms in total. The van der Waals surface area contributed by atoms with Gasteiger partial charge in [-0.15, -0.1) is 0 Å². The largest absolute Gasteiger partial charge is 0.351 e. The summed E-state index contributed by atoms with van der Waals surface area (Å²) in [5, 5.41) is 2.29. The summed E-state index contributed by atoms with van der Waals surface area (Å²) in [5.41, 5.74) is 0.116. The maximum Gasteiger partial charge on any atom is 0.315 e. The number of nitrogens with one attached hydrogen (secondary N) is 1. The highest BCUT2D eigenvalue weighted by atomic mass is 19.3. The molecule has 13 heavy (non-hydrogen) atoms. The van der Waals surface area contributed by atoms with E-state index in [1.807, 2.05) is 6.92 Å². The third kappa shape index (κ3) is 2.39. The molecular weight excluding hydrogens is 176 g/mol. The normalized spacial score (nSPS) is 19.7. The summed E-state index contributed by atoms with van der Waals surface area (Å²) in [4.78, 5) is 10.6. The lowest BCUT2D eigenvalue weighted by molar-refractivity contribution is -0.132. The first-order chi connectivity index (χ1) is 6.09. The van der Waals surface area contributed by atoms with Crippen LogP contribution in [0.15, 0.2) is 0 Å². The first-order valence-electron chi connectivity index (χ1n) is 4.65. The Balaban J connectivity index is 2.28. The van der Waals surface area contributed by atoms with Crippen LogP contribution in [0.3, 0.4) is 0 Å². The fraction of sp³-hybridized carbons (Fsp3) is 0.889. The zero-order valence-electron chi connectivity index (χ0n) is 7.78. The Bertz CT molecular complexity index is 185. The van der Waals surface area contributed by atoms with Gasteiger partial charge in [-0.25, -0.2) is 0 Å². The summed E-state index contributed by atoms with van der Waals surface area (Å²) in [6.45, 7) is 2.44. The van der Waals surface area contributed by atoms with Gasteiger partial charge in [-0.05, 0) is 24.7 Å². The van der Waals surface area contributed by atoms with E-state index < -0.39 is 12.3 Å². The Hall–Kier alpha value is -0.670. The van der Waals surface area contributed by atoms with Crippen LogP contribution < -0.4 is 5.32 Å². The van der Waals surface area contributed by atoms with Gasteiger partial charge in [-0.3, -0.25) is 4.79 Å². The Morgan fingerprint density at radius 1 is 1.54 bits per heavy atom. The fourth-order valence-corrected chi connectivity index (χ4v) is 1.68. The highest BCUT2D eigenvalue weighted by molar-refractivity contribution is 5.79. The average molecular weight is 191 g/mol. The van der Waals surface area contributed by atoms with E-state index in [9.17, 15) is 13.6 Å². The van der Waals surface area contributed by atoms with E-state index in [2.05, 4.69) is 5.32 Å². The molecule has 0 aromatic rings. The van der Waals surface area contributed by atoms with Crippen LogP contribution >= 0.6 is 0 Å². The maximum atomic E-state index is 11.8. The summed E-state index contributed by atoms with van der Waals surface area (Å²) in [6, 6.07) is 0.